The maximum atomic E-state index is 13.1. The summed E-state index contributed by atoms with van der Waals surface area (Å²) in [6.07, 6.45) is 1.62. The van der Waals surface area contributed by atoms with Crippen LogP contribution in [0.1, 0.15) is 22.8 Å². The Morgan fingerprint density at radius 1 is 0.971 bits per heavy atom. The molecule has 3 aromatic rings. The molecule has 174 valence electrons. The van der Waals surface area contributed by atoms with E-state index < -0.39 is 5.91 Å². The topological polar surface area (TPSA) is 84.5 Å². The zero-order valence-corrected chi connectivity index (χ0v) is 20.8. The van der Waals surface area contributed by atoms with E-state index in [9.17, 15) is 14.4 Å². The number of hydrogen-bond donors (Lipinski definition) is 2. The van der Waals surface area contributed by atoms with Crippen molar-refractivity contribution in [1.82, 2.24) is 5.32 Å². The first kappa shape index (κ1) is 25.3. The average molecular weight is 539 g/mol. The number of halogens is 1. The van der Waals surface area contributed by atoms with Crippen LogP contribution in [0, 0.1) is 0 Å². The monoisotopic (exact) mass is 538 g/mol. The van der Waals surface area contributed by atoms with Gasteiger partial charge in [-0.1, -0.05) is 46.3 Å². The second-order valence-electron chi connectivity index (χ2n) is 7.01. The summed E-state index contributed by atoms with van der Waals surface area (Å²) >= 11 is 4.77. The molecule has 8 heteroatoms. The van der Waals surface area contributed by atoms with Gasteiger partial charge >= 0.3 is 5.97 Å². The third kappa shape index (κ3) is 7.90. The fraction of sp³-hybridized carbons (Fsp3) is 0.115. The van der Waals surface area contributed by atoms with Crippen LogP contribution in [0.3, 0.4) is 0 Å². The van der Waals surface area contributed by atoms with Crippen LogP contribution < -0.4 is 10.6 Å². The van der Waals surface area contributed by atoms with E-state index in [0.29, 0.717) is 17.9 Å². The molecule has 0 bridgehead atoms. The number of carbonyl (C=O) groups is 3. The summed E-state index contributed by atoms with van der Waals surface area (Å²) < 4.78 is 5.78. The zero-order chi connectivity index (χ0) is 24.3. The second kappa shape index (κ2) is 12.8. The number of hydrogen-bond acceptors (Lipinski definition) is 5. The minimum Gasteiger partial charge on any atom is -0.465 e. The van der Waals surface area contributed by atoms with Crippen molar-refractivity contribution in [1.29, 1.82) is 0 Å². The summed E-state index contributed by atoms with van der Waals surface area (Å²) in [5, 5.41) is 5.53. The van der Waals surface area contributed by atoms with Gasteiger partial charge in [-0.3, -0.25) is 14.4 Å². The zero-order valence-electron chi connectivity index (χ0n) is 18.4. The Morgan fingerprint density at radius 2 is 1.71 bits per heavy atom. The lowest BCUT2D eigenvalue weighted by Gasteiger charge is -2.12. The van der Waals surface area contributed by atoms with E-state index in [2.05, 4.69) is 26.6 Å². The molecule has 0 saturated heterocycles. The van der Waals surface area contributed by atoms with E-state index in [4.69, 9.17) is 4.74 Å². The van der Waals surface area contributed by atoms with Crippen molar-refractivity contribution in [2.24, 2.45) is 0 Å². The number of anilines is 1. The molecule has 3 aromatic carbocycles. The first-order valence-electron chi connectivity index (χ1n) is 10.5. The molecule has 0 aromatic heterocycles. The molecule has 0 saturated carbocycles. The number of nitrogens with one attached hydrogen (secondary N) is 2. The van der Waals surface area contributed by atoms with Crippen LogP contribution in [0.2, 0.25) is 0 Å². The Bertz CT molecular complexity index is 1180. The van der Waals surface area contributed by atoms with Gasteiger partial charge in [-0.25, -0.2) is 0 Å². The van der Waals surface area contributed by atoms with Gasteiger partial charge in [-0.2, -0.15) is 0 Å². The summed E-state index contributed by atoms with van der Waals surface area (Å²) in [7, 11) is 0. The van der Waals surface area contributed by atoms with Gasteiger partial charge in [0.15, 0.2) is 0 Å². The summed E-state index contributed by atoms with van der Waals surface area (Å²) in [6.45, 7) is 2.11. The van der Waals surface area contributed by atoms with Gasteiger partial charge in [0.25, 0.3) is 11.8 Å². The van der Waals surface area contributed by atoms with Crippen molar-refractivity contribution < 1.29 is 19.1 Å². The fourth-order valence-electron chi connectivity index (χ4n) is 2.88. The highest BCUT2D eigenvalue weighted by molar-refractivity contribution is 9.10. The maximum Gasteiger partial charge on any atom is 0.316 e. The van der Waals surface area contributed by atoms with Gasteiger partial charge in [-0.15, -0.1) is 11.8 Å². The van der Waals surface area contributed by atoms with Crippen LogP contribution >= 0.6 is 27.7 Å². The molecule has 6 nitrogen and oxygen atoms in total. The average Bonchev–Trinajstić information content (AvgIpc) is 2.84. The van der Waals surface area contributed by atoms with Crippen molar-refractivity contribution in [2.75, 3.05) is 17.7 Å². The maximum absolute atomic E-state index is 13.1. The van der Waals surface area contributed by atoms with Gasteiger partial charge in [0.05, 0.1) is 12.4 Å². The van der Waals surface area contributed by atoms with Gasteiger partial charge in [0.1, 0.15) is 5.70 Å². The second-order valence-corrected chi connectivity index (χ2v) is 8.97. The highest BCUT2D eigenvalue weighted by Gasteiger charge is 2.15. The van der Waals surface area contributed by atoms with Crippen molar-refractivity contribution in [2.45, 2.75) is 11.8 Å². The first-order valence-corrected chi connectivity index (χ1v) is 12.3. The Labute approximate surface area is 210 Å². The first-order chi connectivity index (χ1) is 16.4. The third-order valence-corrected chi connectivity index (χ3v) is 5.94. The summed E-state index contributed by atoms with van der Waals surface area (Å²) in [4.78, 5) is 38.2. The van der Waals surface area contributed by atoms with Crippen molar-refractivity contribution >= 4 is 57.2 Å². The number of thioether (sulfide) groups is 1. The molecule has 0 heterocycles. The number of rotatable bonds is 9. The van der Waals surface area contributed by atoms with Gasteiger partial charge in [0.2, 0.25) is 0 Å². The lowest BCUT2D eigenvalue weighted by atomic mass is 10.1. The Morgan fingerprint density at radius 3 is 2.38 bits per heavy atom. The molecule has 0 radical (unpaired) electrons. The van der Waals surface area contributed by atoms with Crippen LogP contribution in [-0.4, -0.2) is 30.1 Å². The van der Waals surface area contributed by atoms with Crippen LogP contribution in [0.5, 0.6) is 0 Å². The van der Waals surface area contributed by atoms with E-state index in [0.717, 1.165) is 14.9 Å². The Hall–Kier alpha value is -3.36. The van der Waals surface area contributed by atoms with Crippen LogP contribution in [-0.2, 0) is 14.3 Å². The summed E-state index contributed by atoms with van der Waals surface area (Å²) in [6, 6.07) is 23.2. The number of carbonyl (C=O) groups excluding carboxylic acids is 3. The minimum absolute atomic E-state index is 0.104. The minimum atomic E-state index is -0.462. The summed E-state index contributed by atoms with van der Waals surface area (Å²) in [5.74, 6) is -0.912. The van der Waals surface area contributed by atoms with Crippen LogP contribution in [0.4, 0.5) is 5.69 Å². The van der Waals surface area contributed by atoms with E-state index in [-0.39, 0.29) is 23.3 Å². The highest BCUT2D eigenvalue weighted by Crippen LogP contribution is 2.21. The molecule has 0 unspecified atom stereocenters. The van der Waals surface area contributed by atoms with Gasteiger partial charge in [-0.05, 0) is 67.1 Å². The number of amides is 2. The third-order valence-electron chi connectivity index (χ3n) is 4.46. The molecule has 0 atom stereocenters. The van der Waals surface area contributed by atoms with Crippen molar-refractivity contribution in [3.05, 3.63) is 100 Å². The standard InChI is InChI=1S/C26H23BrN2O4S/c1-2-33-24(30)17-34-22-13-11-21(12-14-22)28-26(32)23(16-18-7-6-10-20(27)15-18)29-25(31)19-8-4-3-5-9-19/h3-16H,2,17H2,1H3,(H,28,32)(H,29,31)/b23-16-. The number of esters is 1. The largest absolute Gasteiger partial charge is 0.465 e. The molecule has 0 aliphatic carbocycles. The molecule has 2 amide bonds. The molecule has 34 heavy (non-hydrogen) atoms. The van der Waals surface area contributed by atoms with Crippen molar-refractivity contribution in [3.8, 4) is 0 Å². The smallest absolute Gasteiger partial charge is 0.316 e. The predicted octanol–water partition coefficient (Wildman–Crippen LogP) is 5.51. The Kier molecular flexibility index (Phi) is 9.49. The van der Waals surface area contributed by atoms with Crippen LogP contribution in [0.15, 0.2) is 93.9 Å². The lowest BCUT2D eigenvalue weighted by molar-refractivity contribution is -0.139. The lowest BCUT2D eigenvalue weighted by Crippen LogP contribution is -2.30. The molecular weight excluding hydrogens is 516 g/mol. The molecule has 0 fully saturated rings. The van der Waals surface area contributed by atoms with E-state index in [1.54, 1.807) is 61.5 Å². The fourth-order valence-corrected chi connectivity index (χ4v) is 4.00. The predicted molar refractivity (Wildman–Crippen MR) is 138 cm³/mol. The van der Waals surface area contributed by atoms with E-state index >= 15 is 0 Å². The molecular formula is C26H23BrN2O4S. The SMILES string of the molecule is CCOC(=O)CSc1ccc(NC(=O)/C(=C/c2cccc(Br)c2)NC(=O)c2ccccc2)cc1. The van der Waals surface area contributed by atoms with E-state index in [1.165, 1.54) is 11.8 Å². The van der Waals surface area contributed by atoms with Crippen molar-refractivity contribution in [3.63, 3.8) is 0 Å². The molecule has 0 aliphatic heterocycles. The van der Waals surface area contributed by atoms with Crippen LogP contribution in [0.25, 0.3) is 6.08 Å². The number of benzene rings is 3. The molecule has 2 N–H and O–H groups in total. The van der Waals surface area contributed by atoms with Gasteiger partial charge in [0, 0.05) is 20.6 Å². The molecule has 3 rings (SSSR count). The normalized spacial score (nSPS) is 10.9. The van der Waals surface area contributed by atoms with E-state index in [1.807, 2.05) is 30.3 Å². The van der Waals surface area contributed by atoms with Gasteiger partial charge < -0.3 is 15.4 Å². The quantitative estimate of drug-likeness (QED) is 0.213. The summed E-state index contributed by atoms with van der Waals surface area (Å²) in [5.41, 5.74) is 1.85. The Balaban J connectivity index is 1.74. The molecule has 0 spiro atoms. The number of ether oxygens (including phenoxy) is 1. The highest BCUT2D eigenvalue weighted by atomic mass is 79.9. The molecule has 0 aliphatic rings.